The van der Waals surface area contributed by atoms with Gasteiger partial charge in [0.2, 0.25) is 0 Å². The zero-order chi connectivity index (χ0) is 84.6. The standard InChI is InChI=1S/C61H47NO.C61H43NO/c1-59(2)48-25-12-9-20-41(48)43-31-29-37(33-51(43)59)62(38-30-32-44-42-21-10-13-26-49(42)60(3,4)52(44)34-38)54-28-16-24-46-55-47(40-23-15-18-36-17-7-8-19-39(36)40)35-53-56(58(55)63-57(46)54)45-22-11-14-27-50(45)61(53,5)6;1-61(2)55-26-12-11-22-52(55)58-56(61)39-54(45-29-27-43(28-30-45)50-23-13-18-42-17-9-10-21-49(42)50)57-53-25-14-24-51(59(53)63-60(57)58)44-33-37-48(38-34-44)62(46-19-7-4-8-20-46)47-35-31-41(32-36-47)40-15-5-3-6-16-40/h7-35H,1-6H3;3-39H,1-2H3. The molecule has 0 fully saturated rings. The maximum Gasteiger partial charge on any atom is 0.159 e. The van der Waals surface area contributed by atoms with Crippen LogP contribution < -0.4 is 9.80 Å². The first-order valence-corrected chi connectivity index (χ1v) is 44.3. The van der Waals surface area contributed by atoms with Crippen molar-refractivity contribution in [1.29, 1.82) is 0 Å². The molecule has 0 unspecified atom stereocenters. The van der Waals surface area contributed by atoms with Crippen LogP contribution in [0.3, 0.4) is 0 Å². The molecule has 2 heterocycles. The fourth-order valence-electron chi connectivity index (χ4n) is 22.2. The molecule has 25 rings (SSSR count). The Labute approximate surface area is 735 Å². The summed E-state index contributed by atoms with van der Waals surface area (Å²) in [5.74, 6) is 0. The second kappa shape index (κ2) is 28.2. The lowest BCUT2D eigenvalue weighted by Crippen LogP contribution is -2.18. The number of fused-ring (bicyclic) bond motifs is 22. The summed E-state index contributed by atoms with van der Waals surface area (Å²) in [6.07, 6.45) is 0. The molecule has 0 bridgehead atoms. The maximum absolute atomic E-state index is 7.60. The van der Waals surface area contributed by atoms with E-state index in [1.807, 2.05) is 0 Å². The Bertz CT molecular complexity index is 7940. The maximum atomic E-state index is 7.60. The lowest BCUT2D eigenvalue weighted by molar-refractivity contribution is 0.653. The van der Waals surface area contributed by atoms with E-state index in [1.54, 1.807) is 0 Å². The Hall–Kier alpha value is -15.1. The smallest absolute Gasteiger partial charge is 0.159 e. The summed E-state index contributed by atoms with van der Waals surface area (Å²) in [7, 11) is 0. The second-order valence-corrected chi connectivity index (χ2v) is 36.9. The van der Waals surface area contributed by atoms with E-state index < -0.39 is 0 Å². The van der Waals surface area contributed by atoms with Crippen LogP contribution in [0.15, 0.2) is 409 Å². The molecule has 0 aliphatic heterocycles. The van der Waals surface area contributed by atoms with Gasteiger partial charge < -0.3 is 18.6 Å². The van der Waals surface area contributed by atoms with Crippen LogP contribution in [0.25, 0.3) is 166 Å². The van der Waals surface area contributed by atoms with Gasteiger partial charge in [0.25, 0.3) is 0 Å². The fraction of sp³-hybridized carbons (Fsp3) is 0.0984. The summed E-state index contributed by atoms with van der Waals surface area (Å²) in [5.41, 5.74) is 42.2. The number of para-hydroxylation sites is 3. The van der Waals surface area contributed by atoms with Gasteiger partial charge in [-0.05, 0) is 228 Å². The highest BCUT2D eigenvalue weighted by Gasteiger charge is 2.43. The highest BCUT2D eigenvalue weighted by atomic mass is 16.3. The third-order valence-corrected chi connectivity index (χ3v) is 28.6. The molecular formula is C122H90N2O2. The number of furan rings is 2. The number of hydrogen-bond donors (Lipinski definition) is 0. The molecule has 0 N–H and O–H groups in total. The summed E-state index contributed by atoms with van der Waals surface area (Å²) in [4.78, 5) is 4.79. The number of hydrogen-bond acceptors (Lipinski definition) is 4. The molecule has 600 valence electrons. The molecule has 0 amide bonds. The predicted octanol–water partition coefficient (Wildman–Crippen LogP) is 34.0. The van der Waals surface area contributed by atoms with Gasteiger partial charge in [0.15, 0.2) is 5.58 Å². The summed E-state index contributed by atoms with van der Waals surface area (Å²) in [6.45, 7) is 18.9. The molecular weight excluding hydrogens is 1530 g/mol. The molecule has 126 heavy (non-hydrogen) atoms. The molecule has 21 aromatic rings. The van der Waals surface area contributed by atoms with Crippen molar-refractivity contribution in [3.8, 4) is 100 Å². The monoisotopic (exact) mass is 1610 g/mol. The van der Waals surface area contributed by atoms with E-state index in [1.165, 1.54) is 155 Å². The lowest BCUT2D eigenvalue weighted by atomic mass is 9.80. The van der Waals surface area contributed by atoms with Crippen molar-refractivity contribution >= 4 is 99.5 Å². The van der Waals surface area contributed by atoms with Gasteiger partial charge in [-0.1, -0.05) is 377 Å². The van der Waals surface area contributed by atoms with Gasteiger partial charge in [-0.25, -0.2) is 0 Å². The van der Waals surface area contributed by atoms with Crippen molar-refractivity contribution in [1.82, 2.24) is 0 Å². The van der Waals surface area contributed by atoms with E-state index in [0.29, 0.717) is 0 Å². The minimum absolute atomic E-state index is 0.158. The van der Waals surface area contributed by atoms with Crippen LogP contribution in [0.2, 0.25) is 0 Å². The molecule has 4 aliphatic carbocycles. The quantitative estimate of drug-likeness (QED) is 0.129. The molecule has 0 saturated carbocycles. The zero-order valence-corrected chi connectivity index (χ0v) is 71.8. The topological polar surface area (TPSA) is 32.8 Å². The molecule has 2 aromatic heterocycles. The van der Waals surface area contributed by atoms with E-state index in [2.05, 4.69) is 466 Å². The van der Waals surface area contributed by atoms with Crippen LogP contribution >= 0.6 is 0 Å². The third-order valence-electron chi connectivity index (χ3n) is 28.6. The van der Waals surface area contributed by atoms with Crippen molar-refractivity contribution in [2.75, 3.05) is 9.80 Å². The molecule has 4 nitrogen and oxygen atoms in total. The predicted molar refractivity (Wildman–Crippen MR) is 529 cm³/mol. The average Bonchev–Trinajstić information content (AvgIpc) is 1.54. The van der Waals surface area contributed by atoms with Crippen molar-refractivity contribution in [2.24, 2.45) is 0 Å². The molecule has 0 atom stereocenters. The first kappa shape index (κ1) is 74.7. The fourth-order valence-corrected chi connectivity index (χ4v) is 22.2. The van der Waals surface area contributed by atoms with Crippen molar-refractivity contribution < 1.29 is 8.83 Å². The van der Waals surface area contributed by atoms with Crippen LogP contribution in [0.4, 0.5) is 34.1 Å². The highest BCUT2D eigenvalue weighted by Crippen LogP contribution is 2.61. The number of rotatable bonds is 11. The van der Waals surface area contributed by atoms with E-state index in [0.717, 1.165) is 89.1 Å². The van der Waals surface area contributed by atoms with Crippen LogP contribution in [-0.4, -0.2) is 0 Å². The molecule has 4 heteroatoms. The second-order valence-electron chi connectivity index (χ2n) is 36.9. The van der Waals surface area contributed by atoms with Crippen LogP contribution in [-0.2, 0) is 21.7 Å². The Morgan fingerprint density at radius 2 is 0.516 bits per heavy atom. The number of nitrogens with zero attached hydrogens (tertiary/aromatic N) is 2. The zero-order valence-electron chi connectivity index (χ0n) is 71.8. The van der Waals surface area contributed by atoms with Gasteiger partial charge in [-0.2, -0.15) is 0 Å². The Kier molecular flexibility index (Phi) is 16.7. The summed E-state index contributed by atoms with van der Waals surface area (Å²) >= 11 is 0. The molecule has 4 aliphatic rings. The normalized spacial score (nSPS) is 14.1. The molecule has 0 saturated heterocycles. The summed E-state index contributed by atoms with van der Waals surface area (Å²) in [6, 6.07) is 147. The summed E-state index contributed by atoms with van der Waals surface area (Å²) < 4.78 is 14.9. The Morgan fingerprint density at radius 1 is 0.183 bits per heavy atom. The third kappa shape index (κ3) is 11.3. The Balaban J connectivity index is 0.000000141. The van der Waals surface area contributed by atoms with Gasteiger partial charge in [-0.15, -0.1) is 0 Å². The van der Waals surface area contributed by atoms with Gasteiger partial charge in [0.05, 0.1) is 5.69 Å². The average molecular weight is 1620 g/mol. The minimum Gasteiger partial charge on any atom is -0.455 e. The van der Waals surface area contributed by atoms with Crippen LogP contribution in [0, 0.1) is 0 Å². The van der Waals surface area contributed by atoms with Crippen molar-refractivity contribution in [3.05, 3.63) is 445 Å². The molecule has 0 spiro atoms. The van der Waals surface area contributed by atoms with Crippen LogP contribution in [0.1, 0.15) is 99.9 Å². The highest BCUT2D eigenvalue weighted by molar-refractivity contribution is 6.23. The SMILES string of the molecule is CC1(C)c2ccccc2-c2c1cc(-c1ccc(-c3cccc4ccccc34)cc1)c1c2oc2c(-c3ccc(N(c4ccccc4)c4ccc(-c5ccccc5)cc4)cc3)cccc21.CC1(C)c2ccccc2-c2ccc(N(c3ccc4c(c3)C(C)(C)c3ccccc3-4)c3cccc4c3oc3c5c(cc(-c6cccc7ccccc67)c34)C(C)(C)c3ccccc3-5)cc21. The van der Waals surface area contributed by atoms with Crippen molar-refractivity contribution in [2.45, 2.75) is 77.0 Å². The number of benzene rings is 19. The lowest BCUT2D eigenvalue weighted by Gasteiger charge is -2.29. The van der Waals surface area contributed by atoms with Gasteiger partial charge in [0.1, 0.15) is 16.7 Å². The first-order chi connectivity index (χ1) is 61.5. The minimum atomic E-state index is -0.211. The van der Waals surface area contributed by atoms with E-state index >= 15 is 0 Å². The number of anilines is 6. The summed E-state index contributed by atoms with van der Waals surface area (Å²) in [5, 5.41) is 9.53. The Morgan fingerprint density at radius 3 is 1.07 bits per heavy atom. The largest absolute Gasteiger partial charge is 0.455 e. The van der Waals surface area contributed by atoms with Crippen molar-refractivity contribution in [3.63, 3.8) is 0 Å². The molecule has 0 radical (unpaired) electrons. The van der Waals surface area contributed by atoms with Gasteiger partial charge in [0, 0.05) is 88.3 Å². The van der Waals surface area contributed by atoms with Gasteiger partial charge >= 0.3 is 0 Å². The van der Waals surface area contributed by atoms with Crippen LogP contribution in [0.5, 0.6) is 0 Å². The van der Waals surface area contributed by atoms with Gasteiger partial charge in [-0.3, -0.25) is 0 Å². The first-order valence-electron chi connectivity index (χ1n) is 44.3. The van der Waals surface area contributed by atoms with E-state index in [9.17, 15) is 0 Å². The van der Waals surface area contributed by atoms with E-state index in [4.69, 9.17) is 8.83 Å². The molecule has 19 aromatic carbocycles. The van der Waals surface area contributed by atoms with E-state index in [-0.39, 0.29) is 21.7 Å².